The van der Waals surface area contributed by atoms with E-state index in [4.69, 9.17) is 4.74 Å². The summed E-state index contributed by atoms with van der Waals surface area (Å²) < 4.78 is 7.13. The van der Waals surface area contributed by atoms with Crippen LogP contribution in [0, 0.1) is 0 Å². The van der Waals surface area contributed by atoms with Gasteiger partial charge in [-0.05, 0) is 33.2 Å². The molecule has 1 atom stereocenters. The highest BCUT2D eigenvalue weighted by Crippen LogP contribution is 2.07. The zero-order valence-electron chi connectivity index (χ0n) is 10.3. The van der Waals surface area contributed by atoms with Crippen molar-refractivity contribution in [3.05, 3.63) is 22.7 Å². The molecule has 0 radical (unpaired) electrons. The average molecular weight is 237 g/mol. The topological polar surface area (TPSA) is 56.1 Å². The first kappa shape index (κ1) is 12.1. The van der Waals surface area contributed by atoms with Crippen LogP contribution in [0.5, 0.6) is 5.88 Å². The molecule has 1 fully saturated rings. The summed E-state index contributed by atoms with van der Waals surface area (Å²) in [5.41, 5.74) is -0.152. The maximum absolute atomic E-state index is 12.0. The Labute approximate surface area is 101 Å². The zero-order chi connectivity index (χ0) is 12.3. The first-order chi connectivity index (χ1) is 8.18. The molecule has 5 nitrogen and oxygen atoms in total. The largest absolute Gasteiger partial charge is 0.472 e. The van der Waals surface area contributed by atoms with Crippen molar-refractivity contribution in [2.24, 2.45) is 0 Å². The van der Waals surface area contributed by atoms with Crippen molar-refractivity contribution in [1.29, 1.82) is 0 Å². The van der Waals surface area contributed by atoms with Crippen molar-refractivity contribution in [2.45, 2.75) is 38.8 Å². The van der Waals surface area contributed by atoms with Gasteiger partial charge in [0.2, 0.25) is 0 Å². The van der Waals surface area contributed by atoms with Gasteiger partial charge in [0.1, 0.15) is 6.61 Å². The van der Waals surface area contributed by atoms with Crippen LogP contribution in [-0.4, -0.2) is 28.7 Å². The van der Waals surface area contributed by atoms with Gasteiger partial charge in [0, 0.05) is 24.5 Å². The molecule has 1 N–H and O–H groups in total. The van der Waals surface area contributed by atoms with E-state index in [0.717, 1.165) is 13.0 Å². The standard InChI is InChI=1S/C12H19N3O2/c1-9(2)15-7-6-14-11(12(15)16)17-8-10-4-3-5-13-10/h6-7,9-10,13H,3-5,8H2,1-2H3. The lowest BCUT2D eigenvalue weighted by Crippen LogP contribution is -2.31. The fourth-order valence-corrected chi connectivity index (χ4v) is 1.99. The highest BCUT2D eigenvalue weighted by Gasteiger charge is 2.16. The van der Waals surface area contributed by atoms with E-state index in [1.165, 1.54) is 6.42 Å². The Morgan fingerprint density at radius 3 is 3.12 bits per heavy atom. The third-order valence-electron chi connectivity index (χ3n) is 2.98. The minimum absolute atomic E-state index is 0.123. The highest BCUT2D eigenvalue weighted by molar-refractivity contribution is 5.05. The first-order valence-corrected chi connectivity index (χ1v) is 6.12. The zero-order valence-corrected chi connectivity index (χ0v) is 10.3. The second kappa shape index (κ2) is 5.31. The van der Waals surface area contributed by atoms with Crippen LogP contribution in [0.3, 0.4) is 0 Å². The number of nitrogens with one attached hydrogen (secondary N) is 1. The number of hydrogen-bond acceptors (Lipinski definition) is 4. The van der Waals surface area contributed by atoms with E-state index >= 15 is 0 Å². The molecule has 1 aliphatic heterocycles. The third-order valence-corrected chi connectivity index (χ3v) is 2.98. The Bertz CT molecular complexity index is 422. The molecular formula is C12H19N3O2. The van der Waals surface area contributed by atoms with Gasteiger partial charge in [0.25, 0.3) is 5.88 Å². The number of ether oxygens (including phenoxy) is 1. The predicted molar refractivity (Wildman–Crippen MR) is 65.4 cm³/mol. The predicted octanol–water partition coefficient (Wildman–Crippen LogP) is 0.955. The maximum Gasteiger partial charge on any atom is 0.313 e. The van der Waals surface area contributed by atoms with Crippen molar-refractivity contribution >= 4 is 0 Å². The molecule has 0 spiro atoms. The summed E-state index contributed by atoms with van der Waals surface area (Å²) in [5, 5.41) is 3.32. The number of nitrogens with zero attached hydrogens (tertiary/aromatic N) is 2. The summed E-state index contributed by atoms with van der Waals surface area (Å²) in [6.07, 6.45) is 5.57. The van der Waals surface area contributed by atoms with Gasteiger partial charge in [-0.1, -0.05) is 0 Å². The molecule has 17 heavy (non-hydrogen) atoms. The highest BCUT2D eigenvalue weighted by atomic mass is 16.5. The molecule has 1 saturated heterocycles. The monoisotopic (exact) mass is 237 g/mol. The lowest BCUT2D eigenvalue weighted by atomic mass is 10.2. The lowest BCUT2D eigenvalue weighted by molar-refractivity contribution is 0.260. The molecule has 2 rings (SSSR count). The molecule has 2 heterocycles. The molecule has 0 aliphatic carbocycles. The van der Waals surface area contributed by atoms with Gasteiger partial charge in [-0.2, -0.15) is 0 Å². The number of rotatable bonds is 4. The van der Waals surface area contributed by atoms with E-state index in [1.54, 1.807) is 17.0 Å². The van der Waals surface area contributed by atoms with Crippen LogP contribution in [0.4, 0.5) is 0 Å². The molecule has 1 aliphatic rings. The summed E-state index contributed by atoms with van der Waals surface area (Å²) in [5.74, 6) is 0.204. The second-order valence-corrected chi connectivity index (χ2v) is 4.64. The smallest absolute Gasteiger partial charge is 0.313 e. The Balaban J connectivity index is 2.05. The third kappa shape index (κ3) is 2.85. The Morgan fingerprint density at radius 2 is 2.47 bits per heavy atom. The molecule has 1 unspecified atom stereocenters. The molecule has 0 bridgehead atoms. The molecular weight excluding hydrogens is 218 g/mol. The Kier molecular flexibility index (Phi) is 3.78. The first-order valence-electron chi connectivity index (χ1n) is 6.12. The van der Waals surface area contributed by atoms with Crippen LogP contribution in [0.15, 0.2) is 17.2 Å². The second-order valence-electron chi connectivity index (χ2n) is 4.64. The fourth-order valence-electron chi connectivity index (χ4n) is 1.99. The van der Waals surface area contributed by atoms with E-state index in [-0.39, 0.29) is 17.5 Å². The van der Waals surface area contributed by atoms with Gasteiger partial charge in [-0.3, -0.25) is 4.79 Å². The summed E-state index contributed by atoms with van der Waals surface area (Å²) in [4.78, 5) is 16.0. The van der Waals surface area contributed by atoms with Crippen molar-refractivity contribution < 1.29 is 4.74 Å². The Morgan fingerprint density at radius 1 is 1.65 bits per heavy atom. The Hall–Kier alpha value is -1.36. The van der Waals surface area contributed by atoms with E-state index in [1.807, 2.05) is 13.8 Å². The van der Waals surface area contributed by atoms with Crippen LogP contribution in [0.25, 0.3) is 0 Å². The quantitative estimate of drug-likeness (QED) is 0.847. The van der Waals surface area contributed by atoms with Crippen molar-refractivity contribution in [2.75, 3.05) is 13.2 Å². The van der Waals surface area contributed by atoms with Crippen LogP contribution in [-0.2, 0) is 0 Å². The summed E-state index contributed by atoms with van der Waals surface area (Å²) >= 11 is 0. The SMILES string of the molecule is CC(C)n1ccnc(OCC2CCCN2)c1=O. The van der Waals surface area contributed by atoms with Gasteiger partial charge in [-0.25, -0.2) is 4.98 Å². The van der Waals surface area contributed by atoms with E-state index in [9.17, 15) is 4.79 Å². The van der Waals surface area contributed by atoms with Crippen LogP contribution in [0.2, 0.25) is 0 Å². The molecule has 1 aromatic rings. The molecule has 94 valence electrons. The minimum Gasteiger partial charge on any atom is -0.472 e. The van der Waals surface area contributed by atoms with Crippen molar-refractivity contribution in [3.8, 4) is 5.88 Å². The minimum atomic E-state index is -0.152. The van der Waals surface area contributed by atoms with Crippen molar-refractivity contribution in [3.63, 3.8) is 0 Å². The summed E-state index contributed by atoms with van der Waals surface area (Å²) in [6.45, 7) is 5.48. The van der Waals surface area contributed by atoms with Gasteiger partial charge in [0.05, 0.1) is 0 Å². The maximum atomic E-state index is 12.0. The average Bonchev–Trinajstić information content (AvgIpc) is 2.80. The van der Waals surface area contributed by atoms with E-state index in [0.29, 0.717) is 12.6 Å². The van der Waals surface area contributed by atoms with Crippen LogP contribution < -0.4 is 15.6 Å². The van der Waals surface area contributed by atoms with E-state index in [2.05, 4.69) is 10.3 Å². The summed E-state index contributed by atoms with van der Waals surface area (Å²) in [7, 11) is 0. The number of aromatic nitrogens is 2. The molecule has 5 heteroatoms. The van der Waals surface area contributed by atoms with Gasteiger partial charge < -0.3 is 14.6 Å². The van der Waals surface area contributed by atoms with Gasteiger partial charge >= 0.3 is 5.56 Å². The normalized spacial score (nSPS) is 19.8. The van der Waals surface area contributed by atoms with Gasteiger partial charge in [0.15, 0.2) is 0 Å². The molecule has 0 aromatic carbocycles. The van der Waals surface area contributed by atoms with Crippen LogP contribution >= 0.6 is 0 Å². The fraction of sp³-hybridized carbons (Fsp3) is 0.667. The molecule has 1 aromatic heterocycles. The number of hydrogen-bond donors (Lipinski definition) is 1. The van der Waals surface area contributed by atoms with Gasteiger partial charge in [-0.15, -0.1) is 0 Å². The molecule has 0 saturated carbocycles. The lowest BCUT2D eigenvalue weighted by Gasteiger charge is -2.13. The van der Waals surface area contributed by atoms with Crippen molar-refractivity contribution in [1.82, 2.24) is 14.9 Å². The van der Waals surface area contributed by atoms with E-state index < -0.39 is 0 Å². The summed E-state index contributed by atoms with van der Waals surface area (Å²) in [6, 6.07) is 0.473. The molecule has 0 amide bonds. The van der Waals surface area contributed by atoms with Crippen LogP contribution in [0.1, 0.15) is 32.7 Å².